The summed E-state index contributed by atoms with van der Waals surface area (Å²) < 4.78 is 34.5. The standard InChI is InChI=1S/C24H25F2N4O2Si/c1-14(2)20-18-12-15(13-27)6-11-19(18)29-30(20)21(16-7-9-17(32-5)10-8-16)24(4,33)28-22(31)23(3,25)26/h6-12,14,21H,1-5H3,(H,28,31)/t21-,24+/m1/s1. The predicted octanol–water partition coefficient (Wildman–Crippen LogP) is 4.29. The average molecular weight is 468 g/mol. The van der Waals surface area contributed by atoms with Crippen molar-refractivity contribution in [1.82, 2.24) is 15.1 Å². The maximum atomic E-state index is 13.8. The van der Waals surface area contributed by atoms with E-state index in [1.54, 1.807) is 61.2 Å². The van der Waals surface area contributed by atoms with Gasteiger partial charge in [-0.1, -0.05) is 26.0 Å². The molecule has 0 aliphatic rings. The number of nitriles is 1. The molecule has 33 heavy (non-hydrogen) atoms. The Labute approximate surface area is 195 Å². The van der Waals surface area contributed by atoms with Crippen LogP contribution in [0.4, 0.5) is 8.78 Å². The van der Waals surface area contributed by atoms with Crippen LogP contribution in [-0.4, -0.2) is 44.1 Å². The van der Waals surface area contributed by atoms with Crippen molar-refractivity contribution in [3.05, 3.63) is 59.3 Å². The van der Waals surface area contributed by atoms with E-state index in [-0.39, 0.29) is 5.92 Å². The number of nitrogens with one attached hydrogen (secondary N) is 1. The van der Waals surface area contributed by atoms with Crippen molar-refractivity contribution in [2.45, 2.75) is 50.7 Å². The Hall–Kier alpha value is -3.25. The highest BCUT2D eigenvalue weighted by molar-refractivity contribution is 6.17. The van der Waals surface area contributed by atoms with Crippen molar-refractivity contribution >= 4 is 27.1 Å². The van der Waals surface area contributed by atoms with Gasteiger partial charge in [0.1, 0.15) is 5.75 Å². The van der Waals surface area contributed by atoms with Crippen LogP contribution in [0.15, 0.2) is 42.5 Å². The van der Waals surface area contributed by atoms with Crippen molar-refractivity contribution in [1.29, 1.82) is 5.26 Å². The SMILES string of the molecule is COc1ccc([C@@H](n2nc3ccc(C#N)cc3c2C(C)C)[C@](C)([Si])NC(=O)C(C)(F)F)cc1. The Morgan fingerprint density at radius 1 is 1.21 bits per heavy atom. The molecule has 0 fully saturated rings. The molecule has 0 saturated carbocycles. The molecule has 0 spiro atoms. The molecule has 2 aromatic carbocycles. The second-order valence-electron chi connectivity index (χ2n) is 8.55. The summed E-state index contributed by atoms with van der Waals surface area (Å²) in [4.78, 5) is 12.2. The first-order valence-electron chi connectivity index (χ1n) is 10.4. The summed E-state index contributed by atoms with van der Waals surface area (Å²) in [5.74, 6) is -4.36. The van der Waals surface area contributed by atoms with Crippen LogP contribution in [0.25, 0.3) is 10.9 Å². The summed E-state index contributed by atoms with van der Waals surface area (Å²) in [6.07, 6.45) is 0. The number of rotatable bonds is 7. The van der Waals surface area contributed by atoms with E-state index < -0.39 is 23.0 Å². The van der Waals surface area contributed by atoms with E-state index in [9.17, 15) is 18.8 Å². The zero-order valence-electron chi connectivity index (χ0n) is 19.1. The van der Waals surface area contributed by atoms with Gasteiger partial charge in [-0.05, 0) is 48.7 Å². The van der Waals surface area contributed by atoms with Gasteiger partial charge < -0.3 is 10.1 Å². The number of hydrogen-bond donors (Lipinski definition) is 1. The quantitative estimate of drug-likeness (QED) is 0.526. The van der Waals surface area contributed by atoms with E-state index in [2.05, 4.69) is 21.6 Å². The molecule has 3 aromatic rings. The molecule has 1 N–H and O–H groups in total. The van der Waals surface area contributed by atoms with Gasteiger partial charge in [0, 0.05) is 23.2 Å². The molecule has 0 unspecified atom stereocenters. The van der Waals surface area contributed by atoms with Crippen LogP contribution in [0, 0.1) is 11.3 Å². The average Bonchev–Trinajstić information content (AvgIpc) is 3.11. The number of benzene rings is 2. The fourth-order valence-corrected chi connectivity index (χ4v) is 4.29. The second kappa shape index (κ2) is 8.94. The molecule has 3 rings (SSSR count). The minimum absolute atomic E-state index is 0.0181. The van der Waals surface area contributed by atoms with Crippen LogP contribution < -0.4 is 10.1 Å². The van der Waals surface area contributed by atoms with Gasteiger partial charge in [0.25, 0.3) is 5.91 Å². The Morgan fingerprint density at radius 2 is 1.85 bits per heavy atom. The van der Waals surface area contributed by atoms with E-state index in [0.29, 0.717) is 29.3 Å². The van der Waals surface area contributed by atoms with E-state index in [0.717, 1.165) is 11.1 Å². The van der Waals surface area contributed by atoms with Crippen molar-refractivity contribution in [2.24, 2.45) is 0 Å². The fraction of sp³-hybridized carbons (Fsp3) is 0.375. The van der Waals surface area contributed by atoms with Gasteiger partial charge in [-0.15, -0.1) is 0 Å². The maximum Gasteiger partial charge on any atom is 0.321 e. The first-order valence-corrected chi connectivity index (χ1v) is 10.9. The third-order valence-electron chi connectivity index (χ3n) is 5.41. The van der Waals surface area contributed by atoms with Crippen molar-refractivity contribution in [3.8, 4) is 11.8 Å². The van der Waals surface area contributed by atoms with Crippen LogP contribution in [-0.2, 0) is 4.79 Å². The highest BCUT2D eigenvalue weighted by atomic mass is 28.1. The number of fused-ring (bicyclic) bond motifs is 1. The molecule has 0 aliphatic carbocycles. The summed E-state index contributed by atoms with van der Waals surface area (Å²) in [7, 11) is 5.13. The molecule has 9 heteroatoms. The summed E-state index contributed by atoms with van der Waals surface area (Å²) >= 11 is 0. The number of hydrogen-bond acceptors (Lipinski definition) is 4. The Balaban J connectivity index is 2.27. The lowest BCUT2D eigenvalue weighted by Crippen LogP contribution is -2.57. The summed E-state index contributed by atoms with van der Waals surface area (Å²) in [6, 6.07) is 13.7. The van der Waals surface area contributed by atoms with Crippen LogP contribution in [0.2, 0.25) is 0 Å². The number of halogens is 2. The first-order chi connectivity index (χ1) is 15.4. The minimum atomic E-state index is -3.56. The van der Waals surface area contributed by atoms with Crippen LogP contribution >= 0.6 is 0 Å². The third kappa shape index (κ3) is 4.91. The topological polar surface area (TPSA) is 79.9 Å². The number of ether oxygens (including phenoxy) is 1. The molecular formula is C24H25F2N4O2Si. The molecule has 3 radical (unpaired) electrons. The molecule has 1 aromatic heterocycles. The third-order valence-corrected chi connectivity index (χ3v) is 5.80. The monoisotopic (exact) mass is 467 g/mol. The largest absolute Gasteiger partial charge is 0.497 e. The van der Waals surface area contributed by atoms with Gasteiger partial charge >= 0.3 is 5.92 Å². The molecule has 2 atom stereocenters. The number of methoxy groups -OCH3 is 1. The van der Waals surface area contributed by atoms with Crippen LogP contribution in [0.5, 0.6) is 5.75 Å². The lowest BCUT2D eigenvalue weighted by atomic mass is 9.96. The van der Waals surface area contributed by atoms with E-state index >= 15 is 0 Å². The van der Waals surface area contributed by atoms with Gasteiger partial charge in [0.15, 0.2) is 0 Å². The molecule has 1 heterocycles. The van der Waals surface area contributed by atoms with Crippen molar-refractivity contribution < 1.29 is 18.3 Å². The summed E-state index contributed by atoms with van der Waals surface area (Å²) in [6.45, 7) is 6.14. The minimum Gasteiger partial charge on any atom is -0.497 e. The van der Waals surface area contributed by atoms with E-state index in [4.69, 9.17) is 9.84 Å². The number of amides is 1. The Bertz CT molecular complexity index is 1210. The Morgan fingerprint density at radius 3 is 2.36 bits per heavy atom. The lowest BCUT2D eigenvalue weighted by Gasteiger charge is -2.37. The van der Waals surface area contributed by atoms with Gasteiger partial charge in [-0.2, -0.15) is 19.1 Å². The highest BCUT2D eigenvalue weighted by Gasteiger charge is 2.42. The van der Waals surface area contributed by atoms with E-state index in [1.165, 1.54) is 0 Å². The van der Waals surface area contributed by atoms with E-state index in [1.807, 2.05) is 13.8 Å². The molecule has 0 saturated heterocycles. The maximum absolute atomic E-state index is 13.8. The number of carbonyl (C=O) groups excluding carboxylic acids is 1. The normalized spacial score (nSPS) is 14.5. The number of alkyl halides is 2. The molecule has 1 amide bonds. The van der Waals surface area contributed by atoms with Gasteiger partial charge in [0.05, 0.1) is 40.5 Å². The van der Waals surface area contributed by atoms with Crippen LogP contribution in [0.3, 0.4) is 0 Å². The predicted molar refractivity (Wildman–Crippen MR) is 123 cm³/mol. The van der Waals surface area contributed by atoms with Gasteiger partial charge in [-0.3, -0.25) is 9.48 Å². The molecule has 171 valence electrons. The number of nitrogens with zero attached hydrogens (tertiary/aromatic N) is 3. The summed E-state index contributed by atoms with van der Waals surface area (Å²) in [5, 5.41) is 16.0. The first kappa shape index (κ1) is 24.4. The van der Waals surface area contributed by atoms with Crippen molar-refractivity contribution in [3.63, 3.8) is 0 Å². The molecular weight excluding hydrogens is 442 g/mol. The molecule has 6 nitrogen and oxygen atoms in total. The number of aromatic nitrogens is 2. The smallest absolute Gasteiger partial charge is 0.321 e. The highest BCUT2D eigenvalue weighted by Crippen LogP contribution is 2.36. The fourth-order valence-electron chi connectivity index (χ4n) is 3.88. The lowest BCUT2D eigenvalue weighted by molar-refractivity contribution is -0.144. The second-order valence-corrected chi connectivity index (χ2v) is 9.59. The molecule has 0 bridgehead atoms. The summed E-state index contributed by atoms with van der Waals surface area (Å²) in [5.41, 5.74) is 2.67. The van der Waals surface area contributed by atoms with Gasteiger partial charge in [-0.25, -0.2) is 0 Å². The molecule has 0 aliphatic heterocycles. The van der Waals surface area contributed by atoms with Gasteiger partial charge in [0.2, 0.25) is 0 Å². The van der Waals surface area contributed by atoms with Crippen LogP contribution in [0.1, 0.15) is 56.5 Å². The Kier molecular flexibility index (Phi) is 6.61. The zero-order chi connectivity index (χ0) is 24.6. The zero-order valence-corrected chi connectivity index (χ0v) is 20.1. The number of carbonyl (C=O) groups is 1. The van der Waals surface area contributed by atoms with Crippen molar-refractivity contribution in [2.75, 3.05) is 7.11 Å².